The van der Waals surface area contributed by atoms with Crippen LogP contribution in [0.15, 0.2) is 34.9 Å². The van der Waals surface area contributed by atoms with Crippen molar-refractivity contribution in [2.75, 3.05) is 0 Å². The molecule has 0 amide bonds. The number of hydrogen-bond donors (Lipinski definition) is 0. The Bertz CT molecular complexity index is 936. The van der Waals surface area contributed by atoms with E-state index in [1.807, 2.05) is 0 Å². The topological polar surface area (TPSA) is 50.1 Å². The molecule has 0 heterocycles. The van der Waals surface area contributed by atoms with Crippen molar-refractivity contribution in [3.8, 4) is 6.07 Å². The van der Waals surface area contributed by atoms with Gasteiger partial charge in [0.25, 0.3) is 0 Å². The molecule has 2 fully saturated rings. The van der Waals surface area contributed by atoms with E-state index in [1.165, 1.54) is 18.2 Å². The van der Waals surface area contributed by atoms with Crippen molar-refractivity contribution in [2.45, 2.75) is 77.1 Å². The van der Waals surface area contributed by atoms with Crippen LogP contribution in [0.3, 0.4) is 0 Å². The molecule has 2 saturated carbocycles. The second-order valence-electron chi connectivity index (χ2n) is 10.3. The smallest absolute Gasteiger partial charge is 0.216 e. The van der Waals surface area contributed by atoms with Crippen molar-refractivity contribution in [1.29, 1.82) is 7.93 Å². The van der Waals surface area contributed by atoms with E-state index in [2.05, 4.69) is 45.1 Å². The summed E-state index contributed by atoms with van der Waals surface area (Å²) in [6.45, 7) is 7.03. The van der Waals surface area contributed by atoms with Crippen molar-refractivity contribution in [1.82, 2.24) is 0 Å². The lowest BCUT2D eigenvalue weighted by Crippen LogP contribution is -2.53. The zero-order valence-corrected chi connectivity index (χ0v) is 20.4. The summed E-state index contributed by atoms with van der Waals surface area (Å²) < 4.78 is 33.7. The van der Waals surface area contributed by atoms with E-state index in [4.69, 9.17) is 12.1 Å². The van der Waals surface area contributed by atoms with Crippen molar-refractivity contribution < 1.29 is 8.39 Å². The molecule has 0 aromatic rings. The molecule has 0 N–H and O–H groups in total. The van der Waals surface area contributed by atoms with Gasteiger partial charge < -0.3 is 4.18 Å². The van der Waals surface area contributed by atoms with Gasteiger partial charge in [-0.3, -0.25) is 4.21 Å². The first kappa shape index (κ1) is 20.9. The highest BCUT2D eigenvalue weighted by atomic mass is 32.2. The molecule has 0 aromatic heterocycles. The van der Waals surface area contributed by atoms with E-state index >= 15 is 0 Å². The predicted octanol–water partition coefficient (Wildman–Crippen LogP) is 4.74. The van der Waals surface area contributed by atoms with E-state index < -0.39 is 10.7 Å². The standard InChI is InChI=1S/C24H33B2NO2S2/c1-15(5-4-12-27)19-8-9-20-18-7-6-16-13-17(31(26)28)14-22(29-30-25)24(16,3)21(18)10-11-23(19,20)2/h6-8,15,17,20-22,25-26H,4-5,9-11,13-14H2,1-3H3/t15?,17-,20?,21?,22+,23-,24+,31?/m1/s1/i25T,26T. The highest BCUT2D eigenvalue weighted by Gasteiger charge is 2.57. The van der Waals surface area contributed by atoms with Gasteiger partial charge in [-0.05, 0) is 75.0 Å². The van der Waals surface area contributed by atoms with Crippen molar-refractivity contribution in [2.24, 2.45) is 28.6 Å². The predicted molar refractivity (Wildman–Crippen MR) is 133 cm³/mol. The summed E-state index contributed by atoms with van der Waals surface area (Å²) in [5.74, 6) is 1.30. The quantitative estimate of drug-likeness (QED) is 0.300. The zero-order valence-electron chi connectivity index (χ0n) is 20.8. The molecule has 4 aliphatic rings. The maximum Gasteiger partial charge on any atom is 0.216 e. The molecule has 0 saturated heterocycles. The highest BCUT2D eigenvalue weighted by molar-refractivity contribution is 8.15. The SMILES string of the molecule is [3H][B]SO[C@H]1C[C@H](S(=O)[B][3H])CC2=CC=C3C(CC[C@]4(C)C(C(C)CCC#N)=CCC34)[C@]21C. The third-order valence-electron chi connectivity index (χ3n) is 8.97. The molecule has 0 spiro atoms. The van der Waals surface area contributed by atoms with Crippen LogP contribution in [-0.4, -0.2) is 32.4 Å². The van der Waals surface area contributed by atoms with Gasteiger partial charge in [0.2, 0.25) is 14.2 Å². The second kappa shape index (κ2) is 8.92. The number of nitrogens with zero attached hydrogens (tertiary/aromatic N) is 1. The molecule has 164 valence electrons. The minimum absolute atomic E-state index is 0.109. The lowest BCUT2D eigenvalue weighted by Gasteiger charge is -2.57. The third-order valence-corrected chi connectivity index (χ3v) is 10.3. The van der Waals surface area contributed by atoms with Gasteiger partial charge in [0.1, 0.15) is 0 Å². The van der Waals surface area contributed by atoms with Crippen molar-refractivity contribution in [3.63, 3.8) is 0 Å². The fourth-order valence-electron chi connectivity index (χ4n) is 7.21. The van der Waals surface area contributed by atoms with Crippen LogP contribution in [0.5, 0.6) is 0 Å². The normalized spacial score (nSPS) is 41.5. The maximum atomic E-state index is 12.5. The summed E-state index contributed by atoms with van der Waals surface area (Å²) in [5.41, 5.74) is 4.32. The Balaban J connectivity index is 1.65. The van der Waals surface area contributed by atoms with E-state index in [-0.39, 0.29) is 22.2 Å². The molecule has 31 heavy (non-hydrogen) atoms. The lowest BCUT2D eigenvalue weighted by atomic mass is 9.49. The largest absolute Gasteiger partial charge is 0.324 e. The molecule has 3 nitrogen and oxygen atoms in total. The zero-order chi connectivity index (χ0) is 23.8. The second-order valence-corrected chi connectivity index (χ2v) is 12.0. The highest BCUT2D eigenvalue weighted by Crippen LogP contribution is 2.65. The fraction of sp³-hybridized carbons (Fsp3) is 0.708. The molecule has 7 heteroatoms. The Morgan fingerprint density at radius 3 is 3.03 bits per heavy atom. The van der Waals surface area contributed by atoms with Gasteiger partial charge in [0.05, 0.1) is 12.2 Å². The third kappa shape index (κ3) is 3.75. The van der Waals surface area contributed by atoms with Crippen LogP contribution in [0.2, 0.25) is 0 Å². The van der Waals surface area contributed by atoms with Gasteiger partial charge in [0, 0.05) is 17.1 Å². The van der Waals surface area contributed by atoms with Crippen molar-refractivity contribution >= 4 is 36.7 Å². The Labute approximate surface area is 199 Å². The molecule has 4 unspecified atom stereocenters. The Hall–Kier alpha value is -0.700. The van der Waals surface area contributed by atoms with Crippen LogP contribution >= 0.6 is 11.9 Å². The van der Waals surface area contributed by atoms with E-state index in [0.717, 1.165) is 51.1 Å². The van der Waals surface area contributed by atoms with E-state index in [0.29, 0.717) is 30.6 Å². The van der Waals surface area contributed by atoms with E-state index in [1.54, 1.807) is 5.57 Å². The molecule has 2 radical (unpaired) electrons. The number of fused-ring (bicyclic) bond motifs is 5. The molecule has 0 aliphatic heterocycles. The van der Waals surface area contributed by atoms with Gasteiger partial charge >= 0.3 is 0 Å². The lowest BCUT2D eigenvalue weighted by molar-refractivity contribution is 0.0148. The van der Waals surface area contributed by atoms with Gasteiger partial charge in [0.15, 0.2) is 0 Å². The van der Waals surface area contributed by atoms with Crippen LogP contribution in [0.4, 0.5) is 0 Å². The minimum Gasteiger partial charge on any atom is -0.324 e. The molecule has 4 rings (SSSR count). The average molecular weight is 457 g/mol. The first-order valence-electron chi connectivity index (χ1n) is 12.6. The Morgan fingerprint density at radius 1 is 1.45 bits per heavy atom. The molecular weight excluding hydrogens is 420 g/mol. The Kier molecular flexibility index (Phi) is 6.00. The van der Waals surface area contributed by atoms with Gasteiger partial charge in [-0.1, -0.05) is 67.6 Å². The van der Waals surface area contributed by atoms with Crippen LogP contribution in [-0.2, 0) is 14.8 Å². The summed E-state index contributed by atoms with van der Waals surface area (Å²) in [6.07, 6.45) is 13.1. The molecular formula is C24H33B2NO2S2. The maximum absolute atomic E-state index is 12.5. The monoisotopic (exact) mass is 457 g/mol. The fourth-order valence-corrected chi connectivity index (χ4v) is 8.33. The summed E-state index contributed by atoms with van der Waals surface area (Å²) in [7, 11) is 0.975. The van der Waals surface area contributed by atoms with Gasteiger partial charge in [-0.25, -0.2) is 0 Å². The van der Waals surface area contributed by atoms with Crippen LogP contribution in [0.1, 0.15) is 65.7 Å². The van der Waals surface area contributed by atoms with Crippen molar-refractivity contribution in [3.05, 3.63) is 34.9 Å². The number of nitriles is 1. The summed E-state index contributed by atoms with van der Waals surface area (Å²) >= 11 is 1.06. The molecule has 0 bridgehead atoms. The first-order chi connectivity index (χ1) is 15.8. The summed E-state index contributed by atoms with van der Waals surface area (Å²) in [6, 6.07) is 2.31. The van der Waals surface area contributed by atoms with Crippen LogP contribution in [0.25, 0.3) is 0 Å². The van der Waals surface area contributed by atoms with Gasteiger partial charge in [-0.15, -0.1) is 0 Å². The number of hydrogen-bond acceptors (Lipinski definition) is 4. The first-order valence-corrected chi connectivity index (χ1v) is 13.5. The summed E-state index contributed by atoms with van der Waals surface area (Å²) in [5, 5.41) is 8.95. The number of rotatable bonds is 8. The van der Waals surface area contributed by atoms with E-state index in [9.17, 15) is 4.21 Å². The molecule has 8 atom stereocenters. The number of allylic oxidation sites excluding steroid dienone is 5. The van der Waals surface area contributed by atoms with Crippen LogP contribution < -0.4 is 0 Å². The molecule has 0 aromatic carbocycles. The van der Waals surface area contributed by atoms with Crippen LogP contribution in [0, 0.1) is 39.9 Å². The Morgan fingerprint density at radius 2 is 2.29 bits per heavy atom. The average Bonchev–Trinajstić information content (AvgIpc) is 3.17. The summed E-state index contributed by atoms with van der Waals surface area (Å²) in [4.78, 5) is 0. The van der Waals surface area contributed by atoms with Gasteiger partial charge in [-0.2, -0.15) is 5.26 Å². The molecule has 4 aliphatic carbocycles. The minimum atomic E-state index is -1.30.